The van der Waals surface area contributed by atoms with Crippen LogP contribution in [0.5, 0.6) is 0 Å². The summed E-state index contributed by atoms with van der Waals surface area (Å²) < 4.78 is 3.47. The van der Waals surface area contributed by atoms with Gasteiger partial charge >= 0.3 is 0 Å². The van der Waals surface area contributed by atoms with Crippen LogP contribution in [0.2, 0.25) is 0 Å². The average molecular weight is 222 g/mol. The molecule has 0 saturated carbocycles. The summed E-state index contributed by atoms with van der Waals surface area (Å²) in [5.74, 6) is 0.687. The number of hydrogen-bond acceptors (Lipinski definition) is 5. The van der Waals surface area contributed by atoms with Gasteiger partial charge in [-0.15, -0.1) is 0 Å². The standard InChI is InChI=1S/C9H14N6O/c1-14-6-12-9(13-14)3-15-5-11-2-8(15)7(10)4-16/h2,5-7,16H,3-4,10H2,1H3. The van der Waals surface area contributed by atoms with Crippen molar-refractivity contribution >= 4 is 0 Å². The van der Waals surface area contributed by atoms with Gasteiger partial charge in [-0.3, -0.25) is 4.68 Å². The van der Waals surface area contributed by atoms with E-state index in [4.69, 9.17) is 10.8 Å². The molecule has 2 rings (SSSR count). The maximum Gasteiger partial charge on any atom is 0.170 e. The molecule has 2 heterocycles. The summed E-state index contributed by atoms with van der Waals surface area (Å²) in [5, 5.41) is 13.2. The summed E-state index contributed by atoms with van der Waals surface area (Å²) in [7, 11) is 1.81. The van der Waals surface area contributed by atoms with Gasteiger partial charge in [0.1, 0.15) is 6.33 Å². The minimum Gasteiger partial charge on any atom is -0.394 e. The lowest BCUT2D eigenvalue weighted by Gasteiger charge is -2.10. The fraction of sp³-hybridized carbons (Fsp3) is 0.444. The summed E-state index contributed by atoms with van der Waals surface area (Å²) >= 11 is 0. The maximum absolute atomic E-state index is 9.00. The predicted octanol–water partition coefficient (Wildman–Crippen LogP) is -0.948. The van der Waals surface area contributed by atoms with Gasteiger partial charge in [-0.1, -0.05) is 0 Å². The molecule has 0 aromatic carbocycles. The smallest absolute Gasteiger partial charge is 0.170 e. The Hall–Kier alpha value is -1.73. The molecule has 2 aromatic rings. The Morgan fingerprint density at radius 1 is 1.50 bits per heavy atom. The molecule has 3 N–H and O–H groups in total. The highest BCUT2D eigenvalue weighted by atomic mass is 16.3. The van der Waals surface area contributed by atoms with Crippen molar-refractivity contribution in [3.63, 3.8) is 0 Å². The monoisotopic (exact) mass is 222 g/mol. The van der Waals surface area contributed by atoms with E-state index in [-0.39, 0.29) is 6.61 Å². The molecule has 0 radical (unpaired) electrons. The lowest BCUT2D eigenvalue weighted by molar-refractivity contribution is 0.263. The molecule has 0 aliphatic heterocycles. The Morgan fingerprint density at radius 2 is 2.31 bits per heavy atom. The highest BCUT2D eigenvalue weighted by Crippen LogP contribution is 2.09. The molecule has 86 valence electrons. The van der Waals surface area contributed by atoms with Crippen LogP contribution in [0, 0.1) is 0 Å². The van der Waals surface area contributed by atoms with Crippen LogP contribution in [-0.4, -0.2) is 36.0 Å². The van der Waals surface area contributed by atoms with Crippen LogP contribution in [0.25, 0.3) is 0 Å². The Balaban J connectivity index is 2.18. The van der Waals surface area contributed by atoms with E-state index in [0.717, 1.165) is 5.69 Å². The highest BCUT2D eigenvalue weighted by Gasteiger charge is 2.11. The highest BCUT2D eigenvalue weighted by molar-refractivity contribution is 5.06. The van der Waals surface area contributed by atoms with Crippen LogP contribution in [0.4, 0.5) is 0 Å². The number of nitrogens with zero attached hydrogens (tertiary/aromatic N) is 5. The minimum absolute atomic E-state index is 0.110. The quantitative estimate of drug-likeness (QED) is 0.695. The van der Waals surface area contributed by atoms with Gasteiger partial charge < -0.3 is 15.4 Å². The Bertz CT molecular complexity index is 462. The third-order valence-electron chi connectivity index (χ3n) is 2.28. The first kappa shape index (κ1) is 10.8. The Kier molecular flexibility index (Phi) is 2.97. The maximum atomic E-state index is 9.00. The zero-order valence-corrected chi connectivity index (χ0v) is 8.98. The molecule has 0 aliphatic carbocycles. The van der Waals surface area contributed by atoms with E-state index in [9.17, 15) is 0 Å². The molecule has 0 fully saturated rings. The molecule has 7 nitrogen and oxygen atoms in total. The van der Waals surface area contributed by atoms with Gasteiger partial charge in [-0.2, -0.15) is 5.10 Å². The SMILES string of the molecule is Cn1cnc(Cn2cncc2C(N)CO)n1. The molecule has 1 unspecified atom stereocenters. The summed E-state index contributed by atoms with van der Waals surface area (Å²) in [4.78, 5) is 8.12. The largest absolute Gasteiger partial charge is 0.394 e. The first-order valence-corrected chi connectivity index (χ1v) is 4.91. The van der Waals surface area contributed by atoms with Crippen LogP contribution in [-0.2, 0) is 13.6 Å². The fourth-order valence-corrected chi connectivity index (χ4v) is 1.47. The van der Waals surface area contributed by atoms with Gasteiger partial charge in [0.25, 0.3) is 0 Å². The molecule has 1 atom stereocenters. The second kappa shape index (κ2) is 4.42. The number of hydrogen-bond donors (Lipinski definition) is 2. The normalized spacial score (nSPS) is 12.9. The fourth-order valence-electron chi connectivity index (χ4n) is 1.47. The summed E-state index contributed by atoms with van der Waals surface area (Å²) in [5.41, 5.74) is 6.51. The summed E-state index contributed by atoms with van der Waals surface area (Å²) in [6.07, 6.45) is 4.93. The Morgan fingerprint density at radius 3 is 2.94 bits per heavy atom. The number of aromatic nitrogens is 5. The van der Waals surface area contributed by atoms with E-state index < -0.39 is 6.04 Å². The number of imidazole rings is 1. The second-order valence-electron chi connectivity index (χ2n) is 3.57. The van der Waals surface area contributed by atoms with E-state index in [0.29, 0.717) is 12.4 Å². The summed E-state index contributed by atoms with van der Waals surface area (Å²) in [6.45, 7) is 0.394. The van der Waals surface area contributed by atoms with Crippen LogP contribution in [0.15, 0.2) is 18.9 Å². The van der Waals surface area contributed by atoms with Crippen molar-refractivity contribution in [1.29, 1.82) is 0 Å². The molecule has 2 aromatic heterocycles. The lowest BCUT2D eigenvalue weighted by atomic mass is 10.2. The van der Waals surface area contributed by atoms with Crippen molar-refractivity contribution in [2.75, 3.05) is 6.61 Å². The Labute approximate surface area is 92.5 Å². The molecule has 0 aliphatic rings. The van der Waals surface area contributed by atoms with Crippen LogP contribution in [0.3, 0.4) is 0 Å². The molecular formula is C9H14N6O. The third-order valence-corrected chi connectivity index (χ3v) is 2.28. The molecule has 0 spiro atoms. The first-order valence-electron chi connectivity index (χ1n) is 4.91. The van der Waals surface area contributed by atoms with Gasteiger partial charge in [-0.05, 0) is 0 Å². The molecule has 0 amide bonds. The van der Waals surface area contributed by atoms with Crippen molar-refractivity contribution in [3.05, 3.63) is 30.4 Å². The van der Waals surface area contributed by atoms with Gasteiger partial charge in [0.15, 0.2) is 5.82 Å². The van der Waals surface area contributed by atoms with Crippen LogP contribution in [0.1, 0.15) is 17.6 Å². The van der Waals surface area contributed by atoms with Crippen molar-refractivity contribution in [2.24, 2.45) is 12.8 Å². The van der Waals surface area contributed by atoms with Gasteiger partial charge in [-0.25, -0.2) is 9.97 Å². The van der Waals surface area contributed by atoms with Crippen molar-refractivity contribution in [3.8, 4) is 0 Å². The molecule has 0 saturated heterocycles. The van der Waals surface area contributed by atoms with Gasteiger partial charge in [0, 0.05) is 13.2 Å². The lowest BCUT2D eigenvalue weighted by Crippen LogP contribution is -2.19. The second-order valence-corrected chi connectivity index (χ2v) is 3.57. The number of nitrogens with two attached hydrogens (primary N) is 1. The molecule has 7 heteroatoms. The van der Waals surface area contributed by atoms with Crippen molar-refractivity contribution in [2.45, 2.75) is 12.6 Å². The zero-order chi connectivity index (χ0) is 11.5. The minimum atomic E-state index is -0.425. The summed E-state index contributed by atoms with van der Waals surface area (Å²) in [6, 6.07) is -0.425. The van der Waals surface area contributed by atoms with Crippen molar-refractivity contribution in [1.82, 2.24) is 24.3 Å². The average Bonchev–Trinajstić information content (AvgIpc) is 2.87. The van der Waals surface area contributed by atoms with Gasteiger partial charge in [0.2, 0.25) is 0 Å². The van der Waals surface area contributed by atoms with E-state index in [1.807, 2.05) is 11.6 Å². The van der Waals surface area contributed by atoms with E-state index in [1.54, 1.807) is 23.5 Å². The number of aliphatic hydroxyl groups is 1. The predicted molar refractivity (Wildman–Crippen MR) is 56.3 cm³/mol. The molecule has 16 heavy (non-hydrogen) atoms. The topological polar surface area (TPSA) is 94.8 Å². The zero-order valence-electron chi connectivity index (χ0n) is 8.98. The van der Waals surface area contributed by atoms with E-state index in [1.165, 1.54) is 0 Å². The van der Waals surface area contributed by atoms with Crippen LogP contribution < -0.4 is 5.73 Å². The van der Waals surface area contributed by atoms with E-state index in [2.05, 4.69) is 15.1 Å². The van der Waals surface area contributed by atoms with Crippen molar-refractivity contribution < 1.29 is 5.11 Å². The number of aliphatic hydroxyl groups excluding tert-OH is 1. The number of aryl methyl sites for hydroxylation is 1. The first-order chi connectivity index (χ1) is 7.70. The van der Waals surface area contributed by atoms with Gasteiger partial charge in [0.05, 0.1) is 31.2 Å². The molecule has 0 bridgehead atoms. The molecular weight excluding hydrogens is 208 g/mol. The van der Waals surface area contributed by atoms with Crippen LogP contribution >= 0.6 is 0 Å². The third kappa shape index (κ3) is 2.10. The number of rotatable bonds is 4. The van der Waals surface area contributed by atoms with E-state index >= 15 is 0 Å².